The van der Waals surface area contributed by atoms with Crippen molar-refractivity contribution >= 4 is 0 Å². The molecule has 0 saturated carbocycles. The molecule has 0 aromatic rings. The van der Waals surface area contributed by atoms with E-state index in [9.17, 15) is 5.11 Å². The van der Waals surface area contributed by atoms with Gasteiger partial charge in [0, 0.05) is 12.1 Å². The molecule has 2 N–H and O–H groups in total. The lowest BCUT2D eigenvalue weighted by atomic mass is 9.91. The first kappa shape index (κ1) is 18.8. The fraction of sp³-hybridized carbons (Fsp3) is 1.00. The van der Waals surface area contributed by atoms with Gasteiger partial charge in [-0.25, -0.2) is 0 Å². The molecule has 4 heteroatoms. The first-order chi connectivity index (χ1) is 9.10. The predicted molar refractivity (Wildman–Crippen MR) is 79.5 cm³/mol. The molecule has 0 spiro atoms. The van der Waals surface area contributed by atoms with E-state index in [1.54, 1.807) is 0 Å². The average molecular weight is 275 g/mol. The Morgan fingerprint density at radius 2 is 1.89 bits per heavy atom. The molecule has 0 aliphatic rings. The maximum Gasteiger partial charge on any atom is 0.0703 e. The zero-order chi connectivity index (χ0) is 14.6. The summed E-state index contributed by atoms with van der Waals surface area (Å²) in [6.07, 6.45) is 4.21. The van der Waals surface area contributed by atoms with Crippen LogP contribution in [0.5, 0.6) is 0 Å². The molecule has 0 heterocycles. The summed E-state index contributed by atoms with van der Waals surface area (Å²) in [6.45, 7) is 11.5. The van der Waals surface area contributed by atoms with Crippen molar-refractivity contribution in [3.63, 3.8) is 0 Å². The summed E-state index contributed by atoms with van der Waals surface area (Å²) in [5, 5.41) is 13.1. The van der Waals surface area contributed by atoms with Crippen LogP contribution in [0, 0.1) is 0 Å². The molecule has 0 aliphatic carbocycles. The van der Waals surface area contributed by atoms with Gasteiger partial charge >= 0.3 is 0 Å². The molecular weight excluding hydrogens is 242 g/mol. The highest BCUT2D eigenvalue weighted by atomic mass is 16.5. The molecule has 19 heavy (non-hydrogen) atoms. The van der Waals surface area contributed by atoms with Crippen molar-refractivity contribution < 1.29 is 14.6 Å². The van der Waals surface area contributed by atoms with Crippen LogP contribution in [0.15, 0.2) is 0 Å². The Bertz CT molecular complexity index is 194. The number of nitrogens with one attached hydrogen (secondary N) is 1. The molecule has 1 unspecified atom stereocenters. The first-order valence-electron chi connectivity index (χ1n) is 7.65. The second-order valence-corrected chi connectivity index (χ2v) is 5.35. The molecule has 0 rings (SSSR count). The van der Waals surface area contributed by atoms with Crippen LogP contribution in [-0.2, 0) is 9.47 Å². The van der Waals surface area contributed by atoms with Crippen LogP contribution >= 0.6 is 0 Å². The van der Waals surface area contributed by atoms with E-state index in [1.807, 2.05) is 13.8 Å². The van der Waals surface area contributed by atoms with Crippen LogP contribution in [0.4, 0.5) is 0 Å². The highest BCUT2D eigenvalue weighted by Gasteiger charge is 2.25. The number of hydrogen-bond donors (Lipinski definition) is 2. The summed E-state index contributed by atoms with van der Waals surface area (Å²) in [4.78, 5) is 0. The fourth-order valence-electron chi connectivity index (χ4n) is 1.98. The second kappa shape index (κ2) is 11.6. The van der Waals surface area contributed by atoms with Crippen LogP contribution in [0.3, 0.4) is 0 Å². The van der Waals surface area contributed by atoms with Crippen molar-refractivity contribution in [2.75, 3.05) is 33.0 Å². The van der Waals surface area contributed by atoms with E-state index in [0.717, 1.165) is 38.8 Å². The second-order valence-electron chi connectivity index (χ2n) is 5.35. The number of ether oxygens (including phenoxy) is 2. The van der Waals surface area contributed by atoms with Crippen LogP contribution < -0.4 is 5.32 Å². The van der Waals surface area contributed by atoms with E-state index in [0.29, 0.717) is 13.2 Å². The third kappa shape index (κ3) is 9.38. The van der Waals surface area contributed by atoms with Gasteiger partial charge in [0.15, 0.2) is 0 Å². The molecule has 116 valence electrons. The van der Waals surface area contributed by atoms with Crippen LogP contribution in [-0.4, -0.2) is 49.7 Å². The van der Waals surface area contributed by atoms with E-state index >= 15 is 0 Å². The summed E-state index contributed by atoms with van der Waals surface area (Å²) in [5.41, 5.74) is -0.131. The Hall–Kier alpha value is -0.160. The van der Waals surface area contributed by atoms with Crippen molar-refractivity contribution in [1.29, 1.82) is 0 Å². The largest absolute Gasteiger partial charge is 0.394 e. The summed E-state index contributed by atoms with van der Waals surface area (Å²) < 4.78 is 10.9. The summed E-state index contributed by atoms with van der Waals surface area (Å²) in [5.74, 6) is 0. The van der Waals surface area contributed by atoms with Crippen molar-refractivity contribution in [2.24, 2.45) is 0 Å². The van der Waals surface area contributed by atoms with Gasteiger partial charge in [0.25, 0.3) is 0 Å². The van der Waals surface area contributed by atoms with E-state index in [2.05, 4.69) is 19.2 Å². The summed E-state index contributed by atoms with van der Waals surface area (Å²) in [6, 6.07) is 0. The minimum atomic E-state index is -0.131. The van der Waals surface area contributed by atoms with Gasteiger partial charge in [-0.05, 0) is 46.1 Å². The number of aliphatic hydroxyl groups excluding tert-OH is 1. The van der Waals surface area contributed by atoms with E-state index in [1.165, 1.54) is 0 Å². The molecule has 0 saturated heterocycles. The van der Waals surface area contributed by atoms with Gasteiger partial charge in [0.05, 0.1) is 25.9 Å². The Balaban J connectivity index is 3.69. The molecule has 0 aliphatic heterocycles. The van der Waals surface area contributed by atoms with Gasteiger partial charge in [-0.15, -0.1) is 0 Å². The fourth-order valence-corrected chi connectivity index (χ4v) is 1.98. The highest BCUT2D eigenvalue weighted by Crippen LogP contribution is 2.17. The monoisotopic (exact) mass is 275 g/mol. The van der Waals surface area contributed by atoms with Gasteiger partial charge < -0.3 is 19.9 Å². The highest BCUT2D eigenvalue weighted by molar-refractivity contribution is 4.85. The molecule has 4 nitrogen and oxygen atoms in total. The van der Waals surface area contributed by atoms with Gasteiger partial charge in [-0.2, -0.15) is 0 Å². The zero-order valence-corrected chi connectivity index (χ0v) is 13.2. The van der Waals surface area contributed by atoms with Crippen molar-refractivity contribution in [3.8, 4) is 0 Å². The average Bonchev–Trinajstić information content (AvgIpc) is 2.41. The van der Waals surface area contributed by atoms with E-state index < -0.39 is 0 Å². The predicted octanol–water partition coefficient (Wildman–Crippen LogP) is 2.35. The zero-order valence-electron chi connectivity index (χ0n) is 13.2. The summed E-state index contributed by atoms with van der Waals surface area (Å²) in [7, 11) is 0. The smallest absolute Gasteiger partial charge is 0.0703 e. The van der Waals surface area contributed by atoms with Crippen LogP contribution in [0.1, 0.15) is 53.4 Å². The molecule has 0 fully saturated rings. The Morgan fingerprint density at radius 1 is 1.16 bits per heavy atom. The van der Waals surface area contributed by atoms with E-state index in [4.69, 9.17) is 9.47 Å². The van der Waals surface area contributed by atoms with Crippen LogP contribution in [0.25, 0.3) is 0 Å². The maximum atomic E-state index is 9.58. The number of rotatable bonds is 13. The van der Waals surface area contributed by atoms with E-state index in [-0.39, 0.29) is 18.2 Å². The molecule has 0 aromatic carbocycles. The molecule has 0 aromatic heterocycles. The Labute approximate surface area is 118 Å². The minimum Gasteiger partial charge on any atom is -0.394 e. The van der Waals surface area contributed by atoms with Gasteiger partial charge in [-0.3, -0.25) is 0 Å². The number of hydrogen-bond acceptors (Lipinski definition) is 4. The summed E-state index contributed by atoms with van der Waals surface area (Å²) >= 11 is 0. The minimum absolute atomic E-state index is 0.131. The van der Waals surface area contributed by atoms with Crippen molar-refractivity contribution in [1.82, 2.24) is 5.32 Å². The lowest BCUT2D eigenvalue weighted by Gasteiger charge is -2.32. The maximum absolute atomic E-state index is 9.58. The van der Waals surface area contributed by atoms with Crippen LogP contribution in [0.2, 0.25) is 0 Å². The van der Waals surface area contributed by atoms with Gasteiger partial charge in [0.1, 0.15) is 0 Å². The lowest BCUT2D eigenvalue weighted by molar-refractivity contribution is 0.0163. The lowest BCUT2D eigenvalue weighted by Crippen LogP contribution is -2.48. The van der Waals surface area contributed by atoms with Crippen molar-refractivity contribution in [2.45, 2.75) is 65.0 Å². The normalized spacial score (nSPS) is 14.8. The molecular formula is C15H33NO3. The molecule has 0 radical (unpaired) electrons. The van der Waals surface area contributed by atoms with Crippen molar-refractivity contribution in [3.05, 3.63) is 0 Å². The molecule has 1 atom stereocenters. The topological polar surface area (TPSA) is 50.7 Å². The third-order valence-corrected chi connectivity index (χ3v) is 3.35. The standard InChI is InChI=1S/C15H33NO3/c1-5-9-16-15(6-2,13-17)8-7-10-18-11-12-19-14(3)4/h14,16-17H,5-13H2,1-4H3. The van der Waals surface area contributed by atoms with Gasteiger partial charge in [-0.1, -0.05) is 13.8 Å². The molecule has 0 amide bonds. The SMILES string of the molecule is CCCNC(CC)(CO)CCCOCCOC(C)C. The van der Waals surface area contributed by atoms with Gasteiger partial charge in [0.2, 0.25) is 0 Å². The first-order valence-corrected chi connectivity index (χ1v) is 7.65. The Morgan fingerprint density at radius 3 is 2.42 bits per heavy atom. The number of aliphatic hydroxyl groups is 1. The quantitative estimate of drug-likeness (QED) is 0.507. The molecule has 0 bridgehead atoms. The third-order valence-electron chi connectivity index (χ3n) is 3.35. The Kier molecular flexibility index (Phi) is 11.6.